The molecule has 3 N–H and O–H groups in total. The highest BCUT2D eigenvalue weighted by atomic mass is 16.5. The van der Waals surface area contributed by atoms with Gasteiger partial charge in [-0.2, -0.15) is 0 Å². The largest absolute Gasteiger partial charge is 0.508 e. The van der Waals surface area contributed by atoms with Crippen molar-refractivity contribution in [2.75, 3.05) is 47.6 Å². The van der Waals surface area contributed by atoms with E-state index in [1.54, 1.807) is 11.8 Å². The zero-order chi connectivity index (χ0) is 24.5. The molecule has 0 saturated carbocycles. The third-order valence-corrected chi connectivity index (χ3v) is 5.34. The van der Waals surface area contributed by atoms with E-state index in [4.69, 9.17) is 14.2 Å². The van der Waals surface area contributed by atoms with Gasteiger partial charge in [-0.25, -0.2) is 0 Å². The second kappa shape index (κ2) is 12.1. The van der Waals surface area contributed by atoms with Gasteiger partial charge in [-0.3, -0.25) is 9.59 Å². The van der Waals surface area contributed by atoms with E-state index in [1.165, 1.54) is 39.5 Å². The number of phenols is 3. The van der Waals surface area contributed by atoms with Gasteiger partial charge in [0.1, 0.15) is 11.5 Å². The number of ketones is 1. The van der Waals surface area contributed by atoms with Gasteiger partial charge >= 0.3 is 0 Å². The fraction of sp³-hybridized carbons (Fsp3) is 0.417. The first-order valence-electron chi connectivity index (χ1n) is 10.5. The number of phenolic OH excluding ortho intramolecular Hbond substituents is 3. The van der Waals surface area contributed by atoms with E-state index in [0.29, 0.717) is 38.3 Å². The summed E-state index contributed by atoms with van der Waals surface area (Å²) in [6.07, 6.45) is 0.112. The second-order valence-electron chi connectivity index (χ2n) is 7.36. The second-order valence-corrected chi connectivity index (χ2v) is 7.36. The molecule has 0 aliphatic rings. The Hall–Kier alpha value is -3.30. The van der Waals surface area contributed by atoms with Crippen molar-refractivity contribution in [3.8, 4) is 23.0 Å². The summed E-state index contributed by atoms with van der Waals surface area (Å²) in [6.45, 7) is 3.05. The Morgan fingerprint density at radius 3 is 2.03 bits per heavy atom. The molecule has 0 fully saturated rings. The van der Waals surface area contributed by atoms with Crippen molar-refractivity contribution in [2.45, 2.75) is 19.8 Å². The molecule has 2 rings (SSSR count). The van der Waals surface area contributed by atoms with Crippen molar-refractivity contribution in [2.24, 2.45) is 0 Å². The Balaban J connectivity index is 2.53. The molecular formula is C24H31NO8. The molecule has 0 bridgehead atoms. The molecule has 0 unspecified atom stereocenters. The zero-order valence-corrected chi connectivity index (χ0v) is 19.4. The fourth-order valence-corrected chi connectivity index (χ4v) is 3.59. The van der Waals surface area contributed by atoms with E-state index in [-0.39, 0.29) is 46.3 Å². The summed E-state index contributed by atoms with van der Waals surface area (Å²) in [6, 6.07) is 5.21. The molecule has 2 aromatic carbocycles. The molecule has 0 saturated heterocycles. The van der Waals surface area contributed by atoms with E-state index < -0.39 is 11.5 Å². The van der Waals surface area contributed by atoms with E-state index in [9.17, 15) is 24.9 Å². The van der Waals surface area contributed by atoms with Crippen molar-refractivity contribution in [3.05, 3.63) is 46.5 Å². The van der Waals surface area contributed by atoms with Gasteiger partial charge in [0, 0.05) is 38.9 Å². The standard InChI is InChI=1S/C24H31NO8/c1-5-16-17(13-22(29)25(8-10-31-2)9-11-32-3)23(20(28)14-18(16)26)24(30)15-6-7-21(33-4)19(27)12-15/h6-7,12,14,26-28H,5,8-11,13H2,1-4H3. The van der Waals surface area contributed by atoms with Crippen LogP contribution in [0.5, 0.6) is 23.0 Å². The normalized spacial score (nSPS) is 10.8. The lowest BCUT2D eigenvalue weighted by molar-refractivity contribution is -0.131. The summed E-state index contributed by atoms with van der Waals surface area (Å²) in [5.74, 6) is -1.60. The molecule has 9 heteroatoms. The minimum Gasteiger partial charge on any atom is -0.508 e. The highest BCUT2D eigenvalue weighted by molar-refractivity contribution is 6.12. The van der Waals surface area contributed by atoms with Gasteiger partial charge in [-0.1, -0.05) is 6.92 Å². The van der Waals surface area contributed by atoms with E-state index in [1.807, 2.05) is 0 Å². The van der Waals surface area contributed by atoms with Crippen LogP contribution >= 0.6 is 0 Å². The number of aromatic hydroxyl groups is 3. The summed E-state index contributed by atoms with van der Waals surface area (Å²) >= 11 is 0. The predicted molar refractivity (Wildman–Crippen MR) is 121 cm³/mol. The molecule has 33 heavy (non-hydrogen) atoms. The van der Waals surface area contributed by atoms with Crippen molar-refractivity contribution in [3.63, 3.8) is 0 Å². The smallest absolute Gasteiger partial charge is 0.227 e. The maximum absolute atomic E-state index is 13.4. The molecule has 0 aliphatic heterocycles. The summed E-state index contributed by atoms with van der Waals surface area (Å²) < 4.78 is 15.2. The average molecular weight is 462 g/mol. The van der Waals surface area contributed by atoms with Gasteiger partial charge in [0.2, 0.25) is 5.91 Å². The third kappa shape index (κ3) is 6.15. The monoisotopic (exact) mass is 461 g/mol. The molecule has 0 heterocycles. The lowest BCUT2D eigenvalue weighted by Gasteiger charge is -2.24. The van der Waals surface area contributed by atoms with Gasteiger partial charge in [0.15, 0.2) is 17.3 Å². The topological polar surface area (TPSA) is 126 Å². The first-order valence-corrected chi connectivity index (χ1v) is 10.5. The van der Waals surface area contributed by atoms with Crippen molar-refractivity contribution in [1.82, 2.24) is 4.90 Å². The molecule has 0 radical (unpaired) electrons. The van der Waals surface area contributed by atoms with Crippen LogP contribution in [-0.2, 0) is 27.1 Å². The molecule has 180 valence electrons. The van der Waals surface area contributed by atoms with Crippen LogP contribution in [0, 0.1) is 0 Å². The van der Waals surface area contributed by atoms with Gasteiger partial charge < -0.3 is 34.4 Å². The molecular weight excluding hydrogens is 430 g/mol. The molecule has 0 spiro atoms. The number of benzene rings is 2. The van der Waals surface area contributed by atoms with E-state index >= 15 is 0 Å². The number of carbonyl (C=O) groups excluding carboxylic acids is 2. The van der Waals surface area contributed by atoms with Crippen LogP contribution in [0.2, 0.25) is 0 Å². The Morgan fingerprint density at radius 1 is 0.879 bits per heavy atom. The number of nitrogens with zero attached hydrogens (tertiary/aromatic N) is 1. The third-order valence-electron chi connectivity index (χ3n) is 5.34. The van der Waals surface area contributed by atoms with Gasteiger partial charge in [-0.15, -0.1) is 0 Å². The molecule has 0 aliphatic carbocycles. The number of hydrogen-bond donors (Lipinski definition) is 3. The number of methoxy groups -OCH3 is 3. The first-order chi connectivity index (χ1) is 15.8. The van der Waals surface area contributed by atoms with Crippen molar-refractivity contribution < 1.29 is 39.1 Å². The molecule has 1 amide bonds. The Labute approximate surface area is 193 Å². The lowest BCUT2D eigenvalue weighted by atomic mass is 9.89. The Kier molecular flexibility index (Phi) is 9.50. The number of rotatable bonds is 12. The zero-order valence-electron chi connectivity index (χ0n) is 19.4. The van der Waals surface area contributed by atoms with E-state index in [2.05, 4.69) is 0 Å². The minimum atomic E-state index is -0.594. The highest BCUT2D eigenvalue weighted by Gasteiger charge is 2.27. The Bertz CT molecular complexity index is 981. The highest BCUT2D eigenvalue weighted by Crippen LogP contribution is 2.36. The maximum Gasteiger partial charge on any atom is 0.227 e. The number of carbonyl (C=O) groups is 2. The summed E-state index contributed by atoms with van der Waals surface area (Å²) in [7, 11) is 4.45. The Morgan fingerprint density at radius 2 is 1.52 bits per heavy atom. The summed E-state index contributed by atoms with van der Waals surface area (Å²) in [5.41, 5.74) is 0.627. The average Bonchev–Trinajstić information content (AvgIpc) is 2.78. The minimum absolute atomic E-state index is 0.0963. The van der Waals surface area contributed by atoms with Gasteiger partial charge in [0.25, 0.3) is 0 Å². The van der Waals surface area contributed by atoms with Crippen LogP contribution in [0.4, 0.5) is 0 Å². The maximum atomic E-state index is 13.4. The van der Waals surface area contributed by atoms with Crippen LogP contribution < -0.4 is 4.74 Å². The van der Waals surface area contributed by atoms with Crippen LogP contribution in [-0.4, -0.2) is 79.5 Å². The molecule has 2 aromatic rings. The fourth-order valence-electron chi connectivity index (χ4n) is 3.59. The molecule has 0 atom stereocenters. The summed E-state index contributed by atoms with van der Waals surface area (Å²) in [4.78, 5) is 28.0. The summed E-state index contributed by atoms with van der Waals surface area (Å²) in [5, 5.41) is 31.1. The van der Waals surface area contributed by atoms with Crippen LogP contribution in [0.15, 0.2) is 24.3 Å². The van der Waals surface area contributed by atoms with Crippen molar-refractivity contribution in [1.29, 1.82) is 0 Å². The van der Waals surface area contributed by atoms with Gasteiger partial charge in [-0.05, 0) is 35.7 Å². The van der Waals surface area contributed by atoms with Gasteiger partial charge in [0.05, 0.1) is 32.3 Å². The number of amides is 1. The van der Waals surface area contributed by atoms with Crippen LogP contribution in [0.25, 0.3) is 0 Å². The van der Waals surface area contributed by atoms with E-state index in [0.717, 1.165) is 6.07 Å². The van der Waals surface area contributed by atoms with Crippen molar-refractivity contribution >= 4 is 11.7 Å². The quantitative estimate of drug-likeness (QED) is 0.411. The predicted octanol–water partition coefficient (Wildman–Crippen LogP) is 2.27. The van der Waals surface area contributed by atoms with Crippen LogP contribution in [0.1, 0.15) is 34.0 Å². The molecule has 9 nitrogen and oxygen atoms in total. The lowest BCUT2D eigenvalue weighted by Crippen LogP contribution is -2.37. The SMILES string of the molecule is CCc1c(O)cc(O)c(C(=O)c2ccc(OC)c(O)c2)c1CC(=O)N(CCOC)CCOC. The first kappa shape index (κ1) is 26.0. The number of hydrogen-bond acceptors (Lipinski definition) is 8. The number of ether oxygens (including phenoxy) is 3. The molecule has 0 aromatic heterocycles. The van der Waals surface area contributed by atoms with Crippen LogP contribution in [0.3, 0.4) is 0 Å².